The molecule has 0 saturated carbocycles. The van der Waals surface area contributed by atoms with E-state index in [1.807, 2.05) is 6.07 Å². The number of allylic oxidation sites excluding steroid dienone is 1. The quantitative estimate of drug-likeness (QED) is 0.583. The number of rotatable bonds is 4. The van der Waals surface area contributed by atoms with E-state index >= 15 is 0 Å². The van der Waals surface area contributed by atoms with Crippen LogP contribution >= 0.6 is 0 Å². The Morgan fingerprint density at radius 3 is 2.73 bits per heavy atom. The summed E-state index contributed by atoms with van der Waals surface area (Å²) < 4.78 is 5.17. The lowest BCUT2D eigenvalue weighted by atomic mass is 10.1. The number of hydrogen-bond acceptors (Lipinski definition) is 4. The van der Waals surface area contributed by atoms with Gasteiger partial charge in [0.25, 0.3) is 0 Å². The number of hydrogen-bond donors (Lipinski definition) is 2. The number of ether oxygens (including phenoxy) is 1. The number of nitrogens with one attached hydrogen (secondary N) is 1. The highest BCUT2D eigenvalue weighted by Gasteiger charge is 2.01. The highest BCUT2D eigenvalue weighted by Crippen LogP contribution is 2.16. The van der Waals surface area contributed by atoms with Crippen LogP contribution in [0.15, 0.2) is 30.3 Å². The van der Waals surface area contributed by atoms with Crippen molar-refractivity contribution in [1.29, 1.82) is 5.41 Å². The van der Waals surface area contributed by atoms with Crippen LogP contribution in [0.1, 0.15) is 25.3 Å². The Kier molecular flexibility index (Phi) is 3.85. The number of pyridine rings is 1. The maximum atomic E-state index is 6.81. The largest absolute Gasteiger partial charge is 0.423 e. The third-order valence-electron chi connectivity index (χ3n) is 1.90. The second-order valence-corrected chi connectivity index (χ2v) is 3.42. The van der Waals surface area contributed by atoms with Crippen LogP contribution in [0, 0.1) is 5.41 Å². The van der Waals surface area contributed by atoms with Crippen LogP contribution in [-0.4, -0.2) is 11.2 Å². The molecule has 0 bridgehead atoms. The van der Waals surface area contributed by atoms with E-state index in [1.54, 1.807) is 12.3 Å². The maximum absolute atomic E-state index is 6.81. The topological polar surface area (TPSA) is 72.0 Å². The first-order valence-corrected chi connectivity index (χ1v) is 4.73. The van der Waals surface area contributed by atoms with Gasteiger partial charge in [0.2, 0.25) is 5.88 Å². The Morgan fingerprint density at radius 2 is 2.27 bits per heavy atom. The van der Waals surface area contributed by atoms with Crippen molar-refractivity contribution < 1.29 is 4.74 Å². The van der Waals surface area contributed by atoms with E-state index in [9.17, 15) is 0 Å². The third kappa shape index (κ3) is 3.42. The minimum atomic E-state index is 0.162. The van der Waals surface area contributed by atoms with Crippen LogP contribution in [0.4, 0.5) is 0 Å². The van der Waals surface area contributed by atoms with Gasteiger partial charge in [-0.25, -0.2) is 4.98 Å². The molecule has 0 saturated heterocycles. The van der Waals surface area contributed by atoms with Crippen LogP contribution in [0.5, 0.6) is 5.88 Å². The lowest BCUT2D eigenvalue weighted by Crippen LogP contribution is -2.07. The van der Waals surface area contributed by atoms with Crippen LogP contribution in [0.3, 0.4) is 0 Å². The monoisotopic (exact) mass is 205 g/mol. The smallest absolute Gasteiger partial charge is 0.221 e. The molecule has 0 unspecified atom stereocenters. The van der Waals surface area contributed by atoms with E-state index in [4.69, 9.17) is 15.9 Å². The molecule has 80 valence electrons. The normalized spacial score (nSPS) is 11.5. The van der Waals surface area contributed by atoms with E-state index < -0.39 is 0 Å². The van der Waals surface area contributed by atoms with Crippen LogP contribution < -0.4 is 10.5 Å². The van der Waals surface area contributed by atoms with Crippen LogP contribution in [0.2, 0.25) is 0 Å². The number of nitrogens with zero attached hydrogens (tertiary/aromatic N) is 1. The van der Waals surface area contributed by atoms with Crippen molar-refractivity contribution in [2.75, 3.05) is 0 Å². The Balaban J connectivity index is 2.72. The van der Waals surface area contributed by atoms with Gasteiger partial charge in [-0.05, 0) is 11.5 Å². The Hall–Kier alpha value is -1.84. The van der Waals surface area contributed by atoms with E-state index in [0.29, 0.717) is 11.8 Å². The third-order valence-corrected chi connectivity index (χ3v) is 1.90. The van der Waals surface area contributed by atoms with E-state index in [1.165, 1.54) is 6.08 Å². The molecule has 0 aromatic carbocycles. The van der Waals surface area contributed by atoms with Gasteiger partial charge < -0.3 is 15.9 Å². The minimum Gasteiger partial charge on any atom is -0.423 e. The fourth-order valence-corrected chi connectivity index (χ4v) is 1.03. The van der Waals surface area contributed by atoms with Gasteiger partial charge in [0.15, 0.2) is 5.88 Å². The first-order valence-electron chi connectivity index (χ1n) is 4.73. The summed E-state index contributed by atoms with van der Waals surface area (Å²) in [6.07, 6.45) is 4.19. The van der Waals surface area contributed by atoms with Gasteiger partial charge in [0, 0.05) is 24.6 Å². The van der Waals surface area contributed by atoms with Crippen molar-refractivity contribution in [3.05, 3.63) is 35.9 Å². The molecule has 15 heavy (non-hydrogen) atoms. The standard InChI is InChI=1S/C11H15N3O/c1-8(2)9-3-4-11(14-7-9)15-10(13)5-6-12/h3-8,12H,13H2,1-2H3/b10-5+,12-6?. The van der Waals surface area contributed by atoms with Gasteiger partial charge in [-0.2, -0.15) is 0 Å². The summed E-state index contributed by atoms with van der Waals surface area (Å²) in [5.74, 6) is 1.05. The summed E-state index contributed by atoms with van der Waals surface area (Å²) in [6, 6.07) is 3.71. The first kappa shape index (κ1) is 11.2. The summed E-state index contributed by atoms with van der Waals surface area (Å²) in [6.45, 7) is 4.20. The summed E-state index contributed by atoms with van der Waals surface area (Å²) in [7, 11) is 0. The molecule has 3 N–H and O–H groups in total. The molecule has 4 heteroatoms. The SMILES string of the molecule is CC(C)c1ccc(O/C(N)=C/C=N)nc1. The molecule has 1 heterocycles. The van der Waals surface area contributed by atoms with Crippen molar-refractivity contribution >= 4 is 6.21 Å². The fourth-order valence-electron chi connectivity index (χ4n) is 1.03. The van der Waals surface area contributed by atoms with Crippen LogP contribution in [-0.2, 0) is 0 Å². The zero-order chi connectivity index (χ0) is 11.3. The molecular weight excluding hydrogens is 190 g/mol. The van der Waals surface area contributed by atoms with E-state index in [0.717, 1.165) is 11.8 Å². The predicted molar refractivity (Wildman–Crippen MR) is 60.0 cm³/mol. The molecule has 4 nitrogen and oxygen atoms in total. The lowest BCUT2D eigenvalue weighted by Gasteiger charge is -2.06. The molecular formula is C11H15N3O. The number of aromatic nitrogens is 1. The zero-order valence-corrected chi connectivity index (χ0v) is 8.90. The molecule has 0 aliphatic rings. The average Bonchev–Trinajstić information content (AvgIpc) is 2.18. The molecule has 1 aromatic heterocycles. The maximum Gasteiger partial charge on any atom is 0.221 e. The molecule has 0 spiro atoms. The average molecular weight is 205 g/mol. The minimum absolute atomic E-state index is 0.162. The summed E-state index contributed by atoms with van der Waals surface area (Å²) in [5, 5.41) is 6.81. The summed E-state index contributed by atoms with van der Waals surface area (Å²) >= 11 is 0. The van der Waals surface area contributed by atoms with Gasteiger partial charge in [0.05, 0.1) is 0 Å². The molecule has 0 aliphatic heterocycles. The van der Waals surface area contributed by atoms with Gasteiger partial charge in [0.1, 0.15) is 0 Å². The zero-order valence-electron chi connectivity index (χ0n) is 8.90. The van der Waals surface area contributed by atoms with Crippen LogP contribution in [0.25, 0.3) is 0 Å². The summed E-state index contributed by atoms with van der Waals surface area (Å²) in [4.78, 5) is 4.10. The Morgan fingerprint density at radius 1 is 1.53 bits per heavy atom. The second-order valence-electron chi connectivity index (χ2n) is 3.42. The number of nitrogens with two attached hydrogens (primary N) is 1. The molecule has 0 aliphatic carbocycles. The van der Waals surface area contributed by atoms with E-state index in [-0.39, 0.29) is 5.88 Å². The molecule has 1 aromatic rings. The van der Waals surface area contributed by atoms with Gasteiger partial charge >= 0.3 is 0 Å². The molecule has 0 radical (unpaired) electrons. The van der Waals surface area contributed by atoms with Gasteiger partial charge in [-0.1, -0.05) is 19.9 Å². The molecule has 0 amide bonds. The Bertz CT molecular complexity index is 355. The fraction of sp³-hybridized carbons (Fsp3) is 0.273. The molecule has 1 rings (SSSR count). The predicted octanol–water partition coefficient (Wildman–Crippen LogP) is 2.03. The Labute approximate surface area is 89.3 Å². The summed E-state index contributed by atoms with van der Waals surface area (Å²) in [5.41, 5.74) is 6.61. The van der Waals surface area contributed by atoms with E-state index in [2.05, 4.69) is 18.8 Å². The van der Waals surface area contributed by atoms with Crippen molar-refractivity contribution in [2.45, 2.75) is 19.8 Å². The second kappa shape index (κ2) is 5.14. The first-order chi connectivity index (χ1) is 7.13. The van der Waals surface area contributed by atoms with Crippen molar-refractivity contribution in [3.8, 4) is 5.88 Å². The van der Waals surface area contributed by atoms with Crippen molar-refractivity contribution in [1.82, 2.24) is 4.98 Å². The molecule has 0 fully saturated rings. The van der Waals surface area contributed by atoms with Crippen molar-refractivity contribution in [2.24, 2.45) is 5.73 Å². The van der Waals surface area contributed by atoms with Gasteiger partial charge in [-0.3, -0.25) is 0 Å². The van der Waals surface area contributed by atoms with Gasteiger partial charge in [-0.15, -0.1) is 0 Å². The van der Waals surface area contributed by atoms with Crippen molar-refractivity contribution in [3.63, 3.8) is 0 Å². The molecule has 0 atom stereocenters. The highest BCUT2D eigenvalue weighted by molar-refractivity contribution is 5.68. The highest BCUT2D eigenvalue weighted by atomic mass is 16.5. The lowest BCUT2D eigenvalue weighted by molar-refractivity contribution is 0.404.